The fourth-order valence-electron chi connectivity index (χ4n) is 4.91. The third-order valence-corrected chi connectivity index (χ3v) is 6.97. The van der Waals surface area contributed by atoms with Gasteiger partial charge in [0.15, 0.2) is 0 Å². The average Bonchev–Trinajstić information content (AvgIpc) is 3.41. The lowest BCUT2D eigenvalue weighted by Gasteiger charge is -2.35. The lowest BCUT2D eigenvalue weighted by Crippen LogP contribution is -2.48. The van der Waals surface area contributed by atoms with Crippen LogP contribution in [0, 0.1) is 6.92 Å². The highest BCUT2D eigenvalue weighted by Gasteiger charge is 2.35. The van der Waals surface area contributed by atoms with E-state index in [1.54, 1.807) is 19.2 Å². The Morgan fingerprint density at radius 1 is 1.14 bits per heavy atom. The molecule has 14 heteroatoms. The number of hydrogen-bond acceptors (Lipinski definition) is 7. The number of urea groups is 1. The number of hydrogen-bond donors (Lipinski definition) is 2. The first-order chi connectivity index (χ1) is 20.9. The molecule has 4 aromatic rings. The summed E-state index contributed by atoms with van der Waals surface area (Å²) in [6, 6.07) is 7.80. The quantitative estimate of drug-likeness (QED) is 0.251. The first-order valence-electron chi connectivity index (χ1n) is 13.8. The van der Waals surface area contributed by atoms with E-state index in [9.17, 15) is 22.8 Å². The molecule has 0 atom stereocenters. The van der Waals surface area contributed by atoms with Gasteiger partial charge in [-0.2, -0.15) is 18.2 Å². The number of anilines is 4. The monoisotopic (exact) mass is 608 g/mol. The largest absolute Gasteiger partial charge is 0.497 e. The number of carbonyl (C=O) groups excluding carboxylic acids is 2. The lowest BCUT2D eigenvalue weighted by molar-refractivity contribution is -0.137. The minimum absolute atomic E-state index is 0.0590. The Morgan fingerprint density at radius 3 is 2.55 bits per heavy atom. The van der Waals surface area contributed by atoms with Crippen molar-refractivity contribution in [3.63, 3.8) is 0 Å². The number of aromatic nitrogens is 4. The van der Waals surface area contributed by atoms with Crippen molar-refractivity contribution in [3.8, 4) is 11.4 Å². The van der Waals surface area contributed by atoms with Crippen LogP contribution < -0.4 is 25.2 Å². The Morgan fingerprint density at radius 2 is 1.91 bits per heavy atom. The number of halogens is 3. The first-order valence-corrected chi connectivity index (χ1v) is 13.8. The maximum absolute atomic E-state index is 14.0. The van der Waals surface area contributed by atoms with Crippen molar-refractivity contribution in [1.82, 2.24) is 19.5 Å². The minimum atomic E-state index is -4.69. The summed E-state index contributed by atoms with van der Waals surface area (Å²) in [5.74, 6) is 0.869. The molecular formula is C30H31F3N8O3. The normalized spacial score (nSPS) is 13.2. The molecule has 1 aliphatic rings. The fourth-order valence-corrected chi connectivity index (χ4v) is 4.91. The maximum atomic E-state index is 14.0. The summed E-state index contributed by atoms with van der Waals surface area (Å²) in [6.45, 7) is 7.78. The van der Waals surface area contributed by atoms with Crippen molar-refractivity contribution in [3.05, 3.63) is 77.5 Å². The second kappa shape index (κ2) is 11.9. The highest BCUT2D eigenvalue weighted by atomic mass is 19.4. The smallest absolute Gasteiger partial charge is 0.418 e. The molecule has 0 saturated heterocycles. The van der Waals surface area contributed by atoms with Crippen LogP contribution in [0.25, 0.3) is 5.69 Å². The molecular weight excluding hydrogens is 577 g/mol. The molecule has 44 heavy (non-hydrogen) atoms. The van der Waals surface area contributed by atoms with Gasteiger partial charge in [-0.15, -0.1) is 0 Å². The molecule has 0 spiro atoms. The zero-order chi connectivity index (χ0) is 31.8. The van der Waals surface area contributed by atoms with Crippen LogP contribution in [-0.2, 0) is 12.7 Å². The molecule has 11 nitrogen and oxygen atoms in total. The number of nitrogens with zero attached hydrogens (tertiary/aromatic N) is 6. The number of rotatable bonds is 8. The average molecular weight is 609 g/mol. The van der Waals surface area contributed by atoms with Gasteiger partial charge in [0.1, 0.15) is 17.4 Å². The summed E-state index contributed by atoms with van der Waals surface area (Å²) in [7, 11) is 1.41. The second-order valence-electron chi connectivity index (χ2n) is 10.4. The molecule has 3 amide bonds. The van der Waals surface area contributed by atoms with Crippen LogP contribution >= 0.6 is 0 Å². The summed E-state index contributed by atoms with van der Waals surface area (Å²) >= 11 is 0. The van der Waals surface area contributed by atoms with Gasteiger partial charge < -0.3 is 19.9 Å². The molecule has 0 fully saturated rings. The number of carbonyl (C=O) groups is 2. The minimum Gasteiger partial charge on any atom is -0.497 e. The molecule has 2 aromatic carbocycles. The molecule has 2 N–H and O–H groups in total. The number of imidazole rings is 1. The number of alkyl halides is 3. The highest BCUT2D eigenvalue weighted by Crippen LogP contribution is 2.37. The molecule has 5 rings (SSSR count). The van der Waals surface area contributed by atoms with E-state index in [0.29, 0.717) is 35.4 Å². The highest BCUT2D eigenvalue weighted by molar-refractivity contribution is 6.08. The van der Waals surface area contributed by atoms with Gasteiger partial charge in [-0.25, -0.2) is 14.8 Å². The topological polar surface area (TPSA) is 118 Å². The van der Waals surface area contributed by atoms with E-state index in [2.05, 4.69) is 25.6 Å². The number of fused-ring (bicyclic) bond motifs is 1. The van der Waals surface area contributed by atoms with Crippen molar-refractivity contribution >= 4 is 35.1 Å². The van der Waals surface area contributed by atoms with Crippen LogP contribution in [0.4, 0.5) is 41.1 Å². The zero-order valence-electron chi connectivity index (χ0n) is 24.7. The van der Waals surface area contributed by atoms with E-state index in [0.717, 1.165) is 6.07 Å². The number of methoxy groups -OCH3 is 1. The number of ether oxygens (including phenoxy) is 1. The van der Waals surface area contributed by atoms with Gasteiger partial charge in [-0.05, 0) is 58.0 Å². The number of nitrogens with one attached hydrogen (secondary N) is 2. The van der Waals surface area contributed by atoms with Gasteiger partial charge in [0, 0.05) is 54.1 Å². The van der Waals surface area contributed by atoms with Crippen LogP contribution in [0.15, 0.2) is 55.0 Å². The van der Waals surface area contributed by atoms with Crippen molar-refractivity contribution in [2.75, 3.05) is 34.1 Å². The Labute approximate surface area is 251 Å². The summed E-state index contributed by atoms with van der Waals surface area (Å²) < 4.78 is 48.8. The predicted octanol–water partition coefficient (Wildman–Crippen LogP) is 6.04. The van der Waals surface area contributed by atoms with E-state index in [4.69, 9.17) is 4.74 Å². The maximum Gasteiger partial charge on any atom is 0.418 e. The molecule has 0 unspecified atom stereocenters. The molecule has 0 aliphatic carbocycles. The third kappa shape index (κ3) is 6.00. The van der Waals surface area contributed by atoms with E-state index in [1.807, 2.05) is 20.8 Å². The summed E-state index contributed by atoms with van der Waals surface area (Å²) in [6.07, 6.45) is -0.202. The van der Waals surface area contributed by atoms with Gasteiger partial charge in [-0.3, -0.25) is 14.6 Å². The van der Waals surface area contributed by atoms with E-state index in [1.165, 1.54) is 58.1 Å². The summed E-state index contributed by atoms with van der Waals surface area (Å²) in [5, 5.41) is 5.68. The Hall–Kier alpha value is -5.14. The van der Waals surface area contributed by atoms with Crippen molar-refractivity contribution in [1.29, 1.82) is 0 Å². The van der Waals surface area contributed by atoms with E-state index < -0.39 is 17.6 Å². The van der Waals surface area contributed by atoms with Crippen molar-refractivity contribution in [2.45, 2.75) is 46.5 Å². The van der Waals surface area contributed by atoms with Crippen LogP contribution in [0.1, 0.15) is 48.1 Å². The first kappa shape index (κ1) is 30.3. The van der Waals surface area contributed by atoms with Gasteiger partial charge >= 0.3 is 12.2 Å². The number of amides is 3. The van der Waals surface area contributed by atoms with Crippen LogP contribution in [0.3, 0.4) is 0 Å². The van der Waals surface area contributed by atoms with Crippen LogP contribution in [-0.4, -0.2) is 51.2 Å². The molecule has 230 valence electrons. The predicted molar refractivity (Wildman–Crippen MR) is 160 cm³/mol. The molecule has 0 bridgehead atoms. The Kier molecular flexibility index (Phi) is 8.17. The molecule has 1 aliphatic heterocycles. The van der Waals surface area contributed by atoms with Crippen molar-refractivity contribution in [2.24, 2.45) is 0 Å². The number of benzene rings is 2. The number of aryl methyl sites for hydroxylation is 1. The van der Waals surface area contributed by atoms with Gasteiger partial charge in [0.05, 0.1) is 30.6 Å². The SMILES string of the molecule is CCN1C(=O)N(c2cc(OC)cc(C(=O)Nc3ccc(-n4ccnc4C)c(C(F)(F)F)c3)c2)Cc2cnc(NC(C)C)nc21. The molecule has 0 saturated carbocycles. The van der Waals surface area contributed by atoms with Crippen LogP contribution in [0.2, 0.25) is 0 Å². The van der Waals surface area contributed by atoms with Gasteiger partial charge in [0.2, 0.25) is 5.95 Å². The van der Waals surface area contributed by atoms with Gasteiger partial charge in [-0.1, -0.05) is 0 Å². The summed E-state index contributed by atoms with van der Waals surface area (Å²) in [5.41, 5.74) is 0.0223. The zero-order valence-corrected chi connectivity index (χ0v) is 24.7. The Balaban J connectivity index is 1.46. The second-order valence-corrected chi connectivity index (χ2v) is 10.4. The fraction of sp³-hybridized carbons (Fsp3) is 0.300. The summed E-state index contributed by atoms with van der Waals surface area (Å²) in [4.78, 5) is 42.9. The molecule has 2 aromatic heterocycles. The third-order valence-electron chi connectivity index (χ3n) is 6.97. The lowest BCUT2D eigenvalue weighted by atomic mass is 10.1. The Bertz CT molecular complexity index is 1720. The van der Waals surface area contributed by atoms with E-state index in [-0.39, 0.29) is 41.3 Å². The molecule has 3 heterocycles. The van der Waals surface area contributed by atoms with E-state index >= 15 is 0 Å². The molecule has 0 radical (unpaired) electrons. The van der Waals surface area contributed by atoms with Crippen LogP contribution in [0.5, 0.6) is 5.75 Å². The van der Waals surface area contributed by atoms with Crippen molar-refractivity contribution < 1.29 is 27.5 Å². The standard InChI is InChI=1S/C30H31F3N8O3/c1-6-39-26-20(15-35-28(38-26)36-17(2)3)16-41(29(39)43)22-11-19(12-23(14-22)44-5)27(42)37-21-7-8-25(24(13-21)30(31,32)33)40-10-9-34-18(40)4/h7-15,17H,6,16H2,1-5H3,(H,37,42)(H,35,36,38). The van der Waals surface area contributed by atoms with Gasteiger partial charge in [0.25, 0.3) is 5.91 Å².